The Morgan fingerprint density at radius 3 is 2.65 bits per heavy atom. The average molecular weight is 276 g/mol. The minimum Gasteiger partial charge on any atom is -0.497 e. The van der Waals surface area contributed by atoms with Crippen molar-refractivity contribution in [3.63, 3.8) is 0 Å². The molecule has 3 nitrogen and oxygen atoms in total. The fourth-order valence-corrected chi connectivity index (χ4v) is 3.37. The summed E-state index contributed by atoms with van der Waals surface area (Å²) in [6.45, 7) is 4.14. The molecule has 2 atom stereocenters. The van der Waals surface area contributed by atoms with Crippen molar-refractivity contribution in [1.82, 2.24) is 4.90 Å². The number of nitrogens with two attached hydrogens (primary N) is 1. The van der Waals surface area contributed by atoms with E-state index >= 15 is 0 Å². The summed E-state index contributed by atoms with van der Waals surface area (Å²) >= 11 is 0. The Labute approximate surface area is 123 Å². The van der Waals surface area contributed by atoms with Crippen LogP contribution < -0.4 is 10.5 Å². The molecule has 112 valence electrons. The quantitative estimate of drug-likeness (QED) is 0.866. The zero-order valence-electron chi connectivity index (χ0n) is 12.8. The Morgan fingerprint density at radius 1 is 1.30 bits per heavy atom. The predicted octanol–water partition coefficient (Wildman–Crippen LogP) is 3.35. The summed E-state index contributed by atoms with van der Waals surface area (Å²) in [4.78, 5) is 2.63. The molecule has 0 bridgehead atoms. The second-order valence-corrected chi connectivity index (χ2v) is 5.70. The second kappa shape index (κ2) is 7.65. The van der Waals surface area contributed by atoms with Crippen LogP contribution in [0, 0.1) is 0 Å². The van der Waals surface area contributed by atoms with Crippen LogP contribution in [0.4, 0.5) is 0 Å². The minimum absolute atomic E-state index is 0.345. The maximum Gasteiger partial charge on any atom is 0.118 e. The van der Waals surface area contributed by atoms with Crippen molar-refractivity contribution in [3.05, 3.63) is 29.8 Å². The second-order valence-electron chi connectivity index (χ2n) is 5.70. The summed E-state index contributed by atoms with van der Waals surface area (Å²) in [6.07, 6.45) is 6.52. The van der Waals surface area contributed by atoms with E-state index in [0.717, 1.165) is 5.75 Å². The Bertz CT molecular complexity index is 388. The number of methoxy groups -OCH3 is 1. The molecule has 1 aromatic rings. The molecule has 0 aliphatic carbocycles. The smallest absolute Gasteiger partial charge is 0.118 e. The number of nitrogens with zero attached hydrogens (tertiary/aromatic N) is 1. The molecular formula is C17H28N2O. The molecule has 0 saturated carbocycles. The van der Waals surface area contributed by atoms with Crippen LogP contribution in [-0.4, -0.2) is 31.1 Å². The van der Waals surface area contributed by atoms with Crippen LogP contribution in [-0.2, 0) is 0 Å². The number of rotatable bonds is 6. The lowest BCUT2D eigenvalue weighted by Crippen LogP contribution is -2.44. The van der Waals surface area contributed by atoms with E-state index < -0.39 is 0 Å². The fourth-order valence-electron chi connectivity index (χ4n) is 3.37. The lowest BCUT2D eigenvalue weighted by atomic mass is 9.93. The van der Waals surface area contributed by atoms with Gasteiger partial charge in [0.2, 0.25) is 0 Å². The van der Waals surface area contributed by atoms with Crippen molar-refractivity contribution in [2.75, 3.05) is 20.2 Å². The molecular weight excluding hydrogens is 248 g/mol. The van der Waals surface area contributed by atoms with Gasteiger partial charge in [0.25, 0.3) is 0 Å². The van der Waals surface area contributed by atoms with Crippen LogP contribution in [0.15, 0.2) is 24.3 Å². The molecule has 0 amide bonds. The van der Waals surface area contributed by atoms with Crippen molar-refractivity contribution in [2.24, 2.45) is 5.73 Å². The van der Waals surface area contributed by atoms with E-state index in [0.29, 0.717) is 18.6 Å². The zero-order valence-corrected chi connectivity index (χ0v) is 12.8. The van der Waals surface area contributed by atoms with Gasteiger partial charge in [0.1, 0.15) is 5.75 Å². The maximum absolute atomic E-state index is 6.09. The van der Waals surface area contributed by atoms with Gasteiger partial charge in [-0.25, -0.2) is 0 Å². The zero-order chi connectivity index (χ0) is 14.4. The molecule has 0 radical (unpaired) electrons. The molecule has 2 unspecified atom stereocenters. The van der Waals surface area contributed by atoms with Crippen molar-refractivity contribution >= 4 is 0 Å². The van der Waals surface area contributed by atoms with Gasteiger partial charge in [0.05, 0.1) is 7.11 Å². The molecule has 2 N–H and O–H groups in total. The topological polar surface area (TPSA) is 38.5 Å². The van der Waals surface area contributed by atoms with E-state index in [-0.39, 0.29) is 0 Å². The highest BCUT2D eigenvalue weighted by Crippen LogP contribution is 2.30. The van der Waals surface area contributed by atoms with E-state index in [2.05, 4.69) is 24.0 Å². The van der Waals surface area contributed by atoms with E-state index in [9.17, 15) is 0 Å². The molecule has 1 heterocycles. The van der Waals surface area contributed by atoms with Crippen LogP contribution in [0.25, 0.3) is 0 Å². The van der Waals surface area contributed by atoms with Crippen molar-refractivity contribution in [3.8, 4) is 5.75 Å². The van der Waals surface area contributed by atoms with E-state index in [4.69, 9.17) is 10.5 Å². The first kappa shape index (κ1) is 15.3. The van der Waals surface area contributed by atoms with Gasteiger partial charge in [-0.3, -0.25) is 4.90 Å². The molecule has 1 aliphatic heterocycles. The standard InChI is InChI=1S/C17H28N2O/c1-3-6-15-7-4-5-12-19(15)17(13-18)14-8-10-16(20-2)11-9-14/h8-11,15,17H,3-7,12-13,18H2,1-2H3. The van der Waals surface area contributed by atoms with Gasteiger partial charge in [-0.05, 0) is 43.5 Å². The Balaban J connectivity index is 2.15. The van der Waals surface area contributed by atoms with E-state index in [1.165, 1.54) is 44.2 Å². The molecule has 0 aromatic heterocycles. The number of likely N-dealkylation sites (tertiary alicyclic amines) is 1. The highest BCUT2D eigenvalue weighted by molar-refractivity contribution is 5.29. The number of benzene rings is 1. The Hall–Kier alpha value is -1.06. The maximum atomic E-state index is 6.09. The number of ether oxygens (including phenoxy) is 1. The summed E-state index contributed by atoms with van der Waals surface area (Å²) < 4.78 is 5.24. The van der Waals surface area contributed by atoms with Crippen LogP contribution in [0.5, 0.6) is 5.75 Å². The molecule has 1 fully saturated rings. The fraction of sp³-hybridized carbons (Fsp3) is 0.647. The Kier molecular flexibility index (Phi) is 5.86. The largest absolute Gasteiger partial charge is 0.497 e. The van der Waals surface area contributed by atoms with Gasteiger partial charge in [-0.1, -0.05) is 31.9 Å². The molecule has 0 spiro atoms. The first-order valence-electron chi connectivity index (χ1n) is 7.90. The SMILES string of the molecule is CCCC1CCCCN1C(CN)c1ccc(OC)cc1. The number of piperidine rings is 1. The number of hydrogen-bond donors (Lipinski definition) is 1. The normalized spacial score (nSPS) is 21.6. The van der Waals surface area contributed by atoms with Gasteiger partial charge >= 0.3 is 0 Å². The van der Waals surface area contributed by atoms with Crippen LogP contribution in [0.2, 0.25) is 0 Å². The lowest BCUT2D eigenvalue weighted by molar-refractivity contribution is 0.0912. The van der Waals surface area contributed by atoms with Crippen molar-refractivity contribution in [2.45, 2.75) is 51.1 Å². The van der Waals surface area contributed by atoms with Gasteiger partial charge in [-0.15, -0.1) is 0 Å². The third-order valence-corrected chi connectivity index (χ3v) is 4.42. The summed E-state index contributed by atoms with van der Waals surface area (Å²) in [5, 5.41) is 0. The first-order valence-corrected chi connectivity index (χ1v) is 7.90. The highest BCUT2D eigenvalue weighted by Gasteiger charge is 2.28. The molecule has 1 aromatic carbocycles. The molecule has 1 aliphatic rings. The van der Waals surface area contributed by atoms with Gasteiger partial charge in [-0.2, -0.15) is 0 Å². The van der Waals surface area contributed by atoms with E-state index in [1.807, 2.05) is 12.1 Å². The van der Waals surface area contributed by atoms with Crippen LogP contribution in [0.1, 0.15) is 50.6 Å². The monoisotopic (exact) mass is 276 g/mol. The van der Waals surface area contributed by atoms with Crippen LogP contribution in [0.3, 0.4) is 0 Å². The van der Waals surface area contributed by atoms with Crippen molar-refractivity contribution < 1.29 is 4.74 Å². The van der Waals surface area contributed by atoms with Gasteiger partial charge in [0, 0.05) is 18.6 Å². The van der Waals surface area contributed by atoms with Crippen molar-refractivity contribution in [1.29, 1.82) is 0 Å². The van der Waals surface area contributed by atoms with E-state index in [1.54, 1.807) is 7.11 Å². The summed E-state index contributed by atoms with van der Waals surface area (Å²) in [7, 11) is 1.71. The first-order chi connectivity index (χ1) is 9.80. The summed E-state index contributed by atoms with van der Waals surface area (Å²) in [5.74, 6) is 0.910. The number of hydrogen-bond acceptors (Lipinski definition) is 3. The minimum atomic E-state index is 0.345. The molecule has 2 rings (SSSR count). The van der Waals surface area contributed by atoms with Gasteiger partial charge in [0.15, 0.2) is 0 Å². The lowest BCUT2D eigenvalue weighted by Gasteiger charge is -2.41. The highest BCUT2D eigenvalue weighted by atomic mass is 16.5. The third-order valence-electron chi connectivity index (χ3n) is 4.42. The van der Waals surface area contributed by atoms with Crippen LogP contribution >= 0.6 is 0 Å². The Morgan fingerprint density at radius 2 is 2.05 bits per heavy atom. The average Bonchev–Trinajstić information content (AvgIpc) is 2.51. The molecule has 3 heteroatoms. The third kappa shape index (κ3) is 3.53. The predicted molar refractivity (Wildman–Crippen MR) is 84.0 cm³/mol. The molecule has 20 heavy (non-hydrogen) atoms. The molecule has 1 saturated heterocycles. The van der Waals surface area contributed by atoms with Gasteiger partial charge < -0.3 is 10.5 Å². The summed E-state index contributed by atoms with van der Waals surface area (Å²) in [5.41, 5.74) is 7.41. The summed E-state index contributed by atoms with van der Waals surface area (Å²) in [6, 6.07) is 9.44.